The predicted molar refractivity (Wildman–Crippen MR) is 81.8 cm³/mol. The third-order valence-corrected chi connectivity index (χ3v) is 3.90. The van der Waals surface area contributed by atoms with E-state index in [0.29, 0.717) is 6.54 Å². The first kappa shape index (κ1) is 15.9. The molecule has 1 fully saturated rings. The van der Waals surface area contributed by atoms with Crippen LogP contribution in [0.2, 0.25) is 0 Å². The van der Waals surface area contributed by atoms with E-state index in [4.69, 9.17) is 0 Å². The molecule has 0 aliphatic carbocycles. The number of nitrogens with zero attached hydrogens (tertiary/aromatic N) is 3. The van der Waals surface area contributed by atoms with E-state index in [9.17, 15) is 10.0 Å². The zero-order valence-electron chi connectivity index (χ0n) is 13.1. The van der Waals surface area contributed by atoms with Crippen molar-refractivity contribution in [3.63, 3.8) is 0 Å². The molecule has 1 atom stereocenters. The van der Waals surface area contributed by atoms with Crippen LogP contribution in [0.5, 0.6) is 0 Å². The molecule has 0 saturated carbocycles. The summed E-state index contributed by atoms with van der Waals surface area (Å²) in [5.74, 6) is 0.376. The molecular formula is C16H25N3O2. The van der Waals surface area contributed by atoms with Crippen molar-refractivity contribution >= 4 is 5.91 Å². The van der Waals surface area contributed by atoms with Gasteiger partial charge >= 0.3 is 0 Å². The molecule has 1 heterocycles. The van der Waals surface area contributed by atoms with Gasteiger partial charge < -0.3 is 10.1 Å². The minimum atomic E-state index is 0.141. The van der Waals surface area contributed by atoms with Gasteiger partial charge in [-0.2, -0.15) is 5.06 Å². The number of amides is 1. The van der Waals surface area contributed by atoms with Crippen LogP contribution < -0.4 is 0 Å². The third-order valence-electron chi connectivity index (χ3n) is 3.90. The summed E-state index contributed by atoms with van der Waals surface area (Å²) < 4.78 is 0. The molecule has 1 aliphatic heterocycles. The lowest BCUT2D eigenvalue weighted by Crippen LogP contribution is -2.31. The molecule has 1 aromatic carbocycles. The average Bonchev–Trinajstić information content (AvgIpc) is 2.88. The highest BCUT2D eigenvalue weighted by Crippen LogP contribution is 2.20. The molecule has 1 unspecified atom stereocenters. The number of hydrogen-bond donors (Lipinski definition) is 1. The zero-order chi connectivity index (χ0) is 15.4. The number of hydrogen-bond acceptors (Lipinski definition) is 4. The lowest BCUT2D eigenvalue weighted by Gasteiger charge is -2.18. The van der Waals surface area contributed by atoms with Crippen molar-refractivity contribution in [3.05, 3.63) is 35.4 Å². The number of rotatable bonds is 5. The highest BCUT2D eigenvalue weighted by atomic mass is 16.5. The molecule has 116 valence electrons. The van der Waals surface area contributed by atoms with Crippen molar-refractivity contribution in [2.24, 2.45) is 5.92 Å². The fourth-order valence-electron chi connectivity index (χ4n) is 2.82. The Balaban J connectivity index is 1.87. The van der Waals surface area contributed by atoms with Gasteiger partial charge in [0.2, 0.25) is 5.91 Å². The summed E-state index contributed by atoms with van der Waals surface area (Å²) >= 11 is 0. The van der Waals surface area contributed by atoms with Crippen LogP contribution in [0, 0.1) is 5.92 Å². The van der Waals surface area contributed by atoms with Crippen molar-refractivity contribution in [2.45, 2.75) is 19.5 Å². The molecule has 1 amide bonds. The summed E-state index contributed by atoms with van der Waals surface area (Å²) in [6.45, 7) is 3.24. The van der Waals surface area contributed by atoms with E-state index in [1.165, 1.54) is 10.6 Å². The van der Waals surface area contributed by atoms with Gasteiger partial charge in [0.15, 0.2) is 0 Å². The molecule has 0 radical (unpaired) electrons. The monoisotopic (exact) mass is 291 g/mol. The maximum Gasteiger partial charge on any atom is 0.226 e. The largest absolute Gasteiger partial charge is 0.349 e. The molecule has 5 nitrogen and oxygen atoms in total. The number of benzene rings is 1. The SMILES string of the molecule is CN(O)Cc1ccc(CN2CCC(C(=O)N(C)C)C2)cc1. The van der Waals surface area contributed by atoms with E-state index < -0.39 is 0 Å². The van der Waals surface area contributed by atoms with Crippen LogP contribution in [-0.4, -0.2) is 60.2 Å². The number of hydroxylamine groups is 2. The number of carbonyl (C=O) groups is 1. The second-order valence-corrected chi connectivity index (χ2v) is 6.09. The quantitative estimate of drug-likeness (QED) is 0.834. The van der Waals surface area contributed by atoms with E-state index in [2.05, 4.69) is 17.0 Å². The summed E-state index contributed by atoms with van der Waals surface area (Å²) in [5, 5.41) is 10.4. The lowest BCUT2D eigenvalue weighted by atomic mass is 10.1. The standard InChI is InChI=1S/C16H25N3O2/c1-17(2)16(20)15-8-9-19(12-15)11-14-6-4-13(5-7-14)10-18(3)21/h4-7,15,21H,8-12H2,1-3H3. The van der Waals surface area contributed by atoms with Crippen LogP contribution in [-0.2, 0) is 17.9 Å². The van der Waals surface area contributed by atoms with Crippen LogP contribution in [0.3, 0.4) is 0 Å². The van der Waals surface area contributed by atoms with Crippen molar-refractivity contribution < 1.29 is 10.0 Å². The lowest BCUT2D eigenvalue weighted by molar-refractivity contribution is -0.132. The second-order valence-electron chi connectivity index (χ2n) is 6.09. The van der Waals surface area contributed by atoms with Crippen LogP contribution in [0.4, 0.5) is 0 Å². The highest BCUT2D eigenvalue weighted by molar-refractivity contribution is 5.78. The molecule has 21 heavy (non-hydrogen) atoms. The normalized spacial score (nSPS) is 19.2. The van der Waals surface area contributed by atoms with Gasteiger partial charge in [0.25, 0.3) is 0 Å². The Morgan fingerprint density at radius 1 is 1.24 bits per heavy atom. The van der Waals surface area contributed by atoms with Crippen LogP contribution in [0.1, 0.15) is 17.5 Å². The Labute approximate surface area is 126 Å². The Hall–Kier alpha value is -1.43. The summed E-state index contributed by atoms with van der Waals surface area (Å²) in [4.78, 5) is 16.0. The Morgan fingerprint density at radius 2 is 1.86 bits per heavy atom. The molecular weight excluding hydrogens is 266 g/mol. The molecule has 0 aromatic heterocycles. The van der Waals surface area contributed by atoms with Gasteiger partial charge in [-0.1, -0.05) is 24.3 Å². The first-order valence-electron chi connectivity index (χ1n) is 7.37. The fourth-order valence-corrected chi connectivity index (χ4v) is 2.82. The Kier molecular flexibility index (Phi) is 5.33. The van der Waals surface area contributed by atoms with Gasteiger partial charge in [-0.15, -0.1) is 0 Å². The summed E-state index contributed by atoms with van der Waals surface area (Å²) in [6.07, 6.45) is 0.949. The predicted octanol–water partition coefficient (Wildman–Crippen LogP) is 1.42. The van der Waals surface area contributed by atoms with Gasteiger partial charge in [0, 0.05) is 40.8 Å². The molecule has 1 aliphatic rings. The Morgan fingerprint density at radius 3 is 2.43 bits per heavy atom. The summed E-state index contributed by atoms with van der Waals surface area (Å²) in [6, 6.07) is 8.28. The molecule has 1 N–H and O–H groups in total. The van der Waals surface area contributed by atoms with E-state index in [0.717, 1.165) is 31.6 Å². The number of likely N-dealkylation sites (tertiary alicyclic amines) is 1. The van der Waals surface area contributed by atoms with Crippen molar-refractivity contribution in [3.8, 4) is 0 Å². The van der Waals surface area contributed by atoms with E-state index in [1.54, 1.807) is 11.9 Å². The van der Waals surface area contributed by atoms with Crippen molar-refractivity contribution in [1.82, 2.24) is 14.9 Å². The van der Waals surface area contributed by atoms with E-state index in [-0.39, 0.29) is 11.8 Å². The zero-order valence-corrected chi connectivity index (χ0v) is 13.1. The first-order valence-corrected chi connectivity index (χ1v) is 7.37. The molecule has 0 bridgehead atoms. The average molecular weight is 291 g/mol. The third kappa shape index (κ3) is 4.52. The van der Waals surface area contributed by atoms with E-state index in [1.807, 2.05) is 26.2 Å². The van der Waals surface area contributed by atoms with Gasteiger partial charge in [0.05, 0.1) is 5.92 Å². The summed E-state index contributed by atoms with van der Waals surface area (Å²) in [7, 11) is 5.28. The van der Waals surface area contributed by atoms with Gasteiger partial charge in [-0.05, 0) is 24.1 Å². The first-order chi connectivity index (χ1) is 9.95. The van der Waals surface area contributed by atoms with Gasteiger partial charge in [-0.25, -0.2) is 0 Å². The molecule has 1 saturated heterocycles. The maximum atomic E-state index is 12.0. The number of carbonyl (C=O) groups excluding carboxylic acids is 1. The minimum absolute atomic E-state index is 0.141. The Bertz CT molecular complexity index is 471. The van der Waals surface area contributed by atoms with Crippen molar-refractivity contribution in [1.29, 1.82) is 0 Å². The van der Waals surface area contributed by atoms with Gasteiger partial charge in [0.1, 0.15) is 0 Å². The maximum absolute atomic E-state index is 12.0. The topological polar surface area (TPSA) is 47.0 Å². The van der Waals surface area contributed by atoms with Gasteiger partial charge in [-0.3, -0.25) is 9.69 Å². The van der Waals surface area contributed by atoms with Crippen LogP contribution >= 0.6 is 0 Å². The van der Waals surface area contributed by atoms with Crippen LogP contribution in [0.25, 0.3) is 0 Å². The summed E-state index contributed by atoms with van der Waals surface area (Å²) in [5.41, 5.74) is 2.34. The minimum Gasteiger partial charge on any atom is -0.349 e. The second kappa shape index (κ2) is 7.02. The van der Waals surface area contributed by atoms with E-state index >= 15 is 0 Å². The molecule has 5 heteroatoms. The molecule has 1 aromatic rings. The fraction of sp³-hybridized carbons (Fsp3) is 0.562. The molecule has 0 spiro atoms. The van der Waals surface area contributed by atoms with Crippen LogP contribution in [0.15, 0.2) is 24.3 Å². The molecule has 2 rings (SSSR count). The smallest absolute Gasteiger partial charge is 0.226 e. The highest BCUT2D eigenvalue weighted by Gasteiger charge is 2.28. The van der Waals surface area contributed by atoms with Crippen molar-refractivity contribution in [2.75, 3.05) is 34.2 Å².